The molecule has 0 bridgehead atoms. The average molecular weight is 406 g/mol. The number of nitrogens with zero attached hydrogens (tertiary/aromatic N) is 5. The Kier molecular flexibility index (Phi) is 5.34. The number of fused-ring (bicyclic) bond motifs is 1. The molecule has 2 fully saturated rings. The SMILES string of the molecule is N#Cc1cccc2c(-c3nsc(CN4CCCC4)n3)cn(CC3CCCCC3)c12. The maximum absolute atomic E-state index is 9.71. The van der Waals surface area contributed by atoms with Crippen molar-refractivity contribution in [1.82, 2.24) is 18.8 Å². The number of para-hydroxylation sites is 1. The summed E-state index contributed by atoms with van der Waals surface area (Å²) in [5, 5.41) is 11.9. The van der Waals surface area contributed by atoms with Crippen molar-refractivity contribution in [3.63, 3.8) is 0 Å². The van der Waals surface area contributed by atoms with Gasteiger partial charge in [-0.2, -0.15) is 9.64 Å². The standard InChI is InChI=1S/C23H27N5S/c24-13-18-9-6-10-19-20(15-28(22(18)19)14-17-7-2-1-3-8-17)23-25-21(29-26-23)16-27-11-4-5-12-27/h6,9-10,15,17H,1-5,7-8,11-12,14,16H2. The highest BCUT2D eigenvalue weighted by atomic mass is 32.1. The van der Waals surface area contributed by atoms with Crippen LogP contribution in [0.5, 0.6) is 0 Å². The number of aromatic nitrogens is 3. The minimum Gasteiger partial charge on any atom is -0.345 e. The monoisotopic (exact) mass is 405 g/mol. The summed E-state index contributed by atoms with van der Waals surface area (Å²) in [6.45, 7) is 4.23. The van der Waals surface area contributed by atoms with Crippen LogP contribution in [0.15, 0.2) is 24.4 Å². The van der Waals surface area contributed by atoms with Crippen LogP contribution in [0.25, 0.3) is 22.3 Å². The lowest BCUT2D eigenvalue weighted by Gasteiger charge is -2.22. The van der Waals surface area contributed by atoms with Gasteiger partial charge in [-0.1, -0.05) is 31.4 Å². The molecule has 1 aliphatic carbocycles. The molecule has 0 unspecified atom stereocenters. The molecule has 0 spiro atoms. The fourth-order valence-electron chi connectivity index (χ4n) is 4.98. The first kappa shape index (κ1) is 18.8. The highest BCUT2D eigenvalue weighted by Crippen LogP contribution is 2.34. The molecule has 29 heavy (non-hydrogen) atoms. The first-order valence-electron chi connectivity index (χ1n) is 10.9. The second-order valence-corrected chi connectivity index (χ2v) is 9.34. The van der Waals surface area contributed by atoms with Crippen molar-refractivity contribution in [1.29, 1.82) is 5.26 Å². The summed E-state index contributed by atoms with van der Waals surface area (Å²) in [6, 6.07) is 8.42. The van der Waals surface area contributed by atoms with E-state index in [4.69, 9.17) is 9.36 Å². The lowest BCUT2D eigenvalue weighted by molar-refractivity contribution is 0.322. The predicted molar refractivity (Wildman–Crippen MR) is 117 cm³/mol. The van der Waals surface area contributed by atoms with Crippen molar-refractivity contribution >= 4 is 22.4 Å². The molecule has 1 saturated carbocycles. The number of likely N-dealkylation sites (tertiary alicyclic amines) is 1. The number of hydrogen-bond donors (Lipinski definition) is 0. The molecule has 1 aliphatic heterocycles. The maximum Gasteiger partial charge on any atom is 0.175 e. The largest absolute Gasteiger partial charge is 0.345 e. The Labute approximate surface area is 176 Å². The van der Waals surface area contributed by atoms with E-state index in [1.54, 1.807) is 0 Å². The highest BCUT2D eigenvalue weighted by molar-refractivity contribution is 7.05. The van der Waals surface area contributed by atoms with Gasteiger partial charge in [-0.15, -0.1) is 0 Å². The Balaban J connectivity index is 1.50. The zero-order chi connectivity index (χ0) is 19.6. The zero-order valence-corrected chi connectivity index (χ0v) is 17.6. The molecule has 2 aliphatic rings. The molecule has 150 valence electrons. The molecule has 0 amide bonds. The van der Waals surface area contributed by atoms with E-state index in [0.717, 1.165) is 46.0 Å². The molecule has 0 N–H and O–H groups in total. The van der Waals surface area contributed by atoms with Crippen LogP contribution in [0.4, 0.5) is 0 Å². The summed E-state index contributed by atoms with van der Waals surface area (Å²) in [7, 11) is 0. The zero-order valence-electron chi connectivity index (χ0n) is 16.8. The topological polar surface area (TPSA) is 57.7 Å². The Hall–Kier alpha value is -2.23. The average Bonchev–Trinajstić information content (AvgIpc) is 3.50. The van der Waals surface area contributed by atoms with Gasteiger partial charge in [0.25, 0.3) is 0 Å². The summed E-state index contributed by atoms with van der Waals surface area (Å²) in [4.78, 5) is 7.34. The van der Waals surface area contributed by atoms with Crippen LogP contribution in [0, 0.1) is 17.2 Å². The Morgan fingerprint density at radius 1 is 1.10 bits per heavy atom. The smallest absolute Gasteiger partial charge is 0.175 e. The lowest BCUT2D eigenvalue weighted by atomic mass is 9.89. The van der Waals surface area contributed by atoms with E-state index in [1.165, 1.54) is 69.6 Å². The van der Waals surface area contributed by atoms with E-state index in [9.17, 15) is 5.26 Å². The van der Waals surface area contributed by atoms with E-state index in [2.05, 4.69) is 27.8 Å². The van der Waals surface area contributed by atoms with Crippen molar-refractivity contribution in [2.75, 3.05) is 13.1 Å². The first-order valence-corrected chi connectivity index (χ1v) is 11.7. The molecule has 0 radical (unpaired) electrons. The summed E-state index contributed by atoms with van der Waals surface area (Å²) < 4.78 is 7.01. The van der Waals surface area contributed by atoms with Crippen LogP contribution in [0.1, 0.15) is 55.5 Å². The lowest BCUT2D eigenvalue weighted by Crippen LogP contribution is -2.18. The van der Waals surface area contributed by atoms with Crippen LogP contribution in [-0.2, 0) is 13.1 Å². The molecule has 1 saturated heterocycles. The van der Waals surface area contributed by atoms with Crippen molar-refractivity contribution in [3.8, 4) is 17.5 Å². The van der Waals surface area contributed by atoms with Crippen LogP contribution < -0.4 is 0 Å². The quantitative estimate of drug-likeness (QED) is 0.585. The third-order valence-corrected chi connectivity index (χ3v) is 7.16. The van der Waals surface area contributed by atoms with E-state index in [1.807, 2.05) is 12.1 Å². The van der Waals surface area contributed by atoms with E-state index in [0.29, 0.717) is 5.92 Å². The van der Waals surface area contributed by atoms with Gasteiger partial charge in [-0.05, 0) is 62.3 Å². The van der Waals surface area contributed by atoms with E-state index in [-0.39, 0.29) is 0 Å². The van der Waals surface area contributed by atoms with E-state index >= 15 is 0 Å². The Morgan fingerprint density at radius 2 is 1.93 bits per heavy atom. The van der Waals surface area contributed by atoms with Crippen molar-refractivity contribution in [3.05, 3.63) is 35.0 Å². The number of hydrogen-bond acceptors (Lipinski definition) is 5. The highest BCUT2D eigenvalue weighted by Gasteiger charge is 2.21. The molecule has 0 atom stereocenters. The second kappa shape index (κ2) is 8.25. The third-order valence-electron chi connectivity index (χ3n) is 6.46. The summed E-state index contributed by atoms with van der Waals surface area (Å²) in [5.74, 6) is 1.51. The maximum atomic E-state index is 9.71. The first-order chi connectivity index (χ1) is 14.3. The fourth-order valence-corrected chi connectivity index (χ4v) is 5.68. The van der Waals surface area contributed by atoms with Crippen LogP contribution in [0.2, 0.25) is 0 Å². The molecule has 5 rings (SSSR count). The molecule has 2 aromatic heterocycles. The number of benzene rings is 1. The van der Waals surface area contributed by atoms with E-state index < -0.39 is 0 Å². The van der Waals surface area contributed by atoms with Crippen LogP contribution in [0.3, 0.4) is 0 Å². The van der Waals surface area contributed by atoms with Crippen molar-refractivity contribution < 1.29 is 0 Å². The summed E-state index contributed by atoms with van der Waals surface area (Å²) in [5.41, 5.74) is 2.86. The summed E-state index contributed by atoms with van der Waals surface area (Å²) in [6.07, 6.45) is 11.4. The molecule has 1 aromatic carbocycles. The number of rotatable bonds is 5. The van der Waals surface area contributed by atoms with Gasteiger partial charge in [-0.3, -0.25) is 4.90 Å². The van der Waals surface area contributed by atoms with Crippen molar-refractivity contribution in [2.24, 2.45) is 5.92 Å². The van der Waals surface area contributed by atoms with Gasteiger partial charge in [0.15, 0.2) is 5.82 Å². The molecular weight excluding hydrogens is 378 g/mol. The minimum absolute atomic E-state index is 0.702. The fraction of sp³-hybridized carbons (Fsp3) is 0.522. The van der Waals surface area contributed by atoms with Gasteiger partial charge in [-0.25, -0.2) is 4.98 Å². The van der Waals surface area contributed by atoms with Crippen molar-refractivity contribution in [2.45, 2.75) is 58.0 Å². The van der Waals surface area contributed by atoms with Gasteiger partial charge in [0.05, 0.1) is 17.6 Å². The van der Waals surface area contributed by atoms with Gasteiger partial charge >= 0.3 is 0 Å². The minimum atomic E-state index is 0.702. The van der Waals surface area contributed by atoms with Crippen LogP contribution in [-0.4, -0.2) is 31.9 Å². The van der Waals surface area contributed by atoms with Gasteiger partial charge < -0.3 is 4.57 Å². The van der Waals surface area contributed by atoms with Gasteiger partial charge in [0, 0.05) is 23.7 Å². The molecule has 5 nitrogen and oxygen atoms in total. The Morgan fingerprint density at radius 3 is 2.72 bits per heavy atom. The normalized spacial score (nSPS) is 18.4. The molecule has 6 heteroatoms. The Bertz CT molecular complexity index is 1030. The molecule has 3 aromatic rings. The summed E-state index contributed by atoms with van der Waals surface area (Å²) >= 11 is 1.52. The predicted octanol–water partition coefficient (Wildman–Crippen LogP) is 5.21. The number of nitriles is 1. The van der Waals surface area contributed by atoms with Gasteiger partial charge in [0.1, 0.15) is 11.1 Å². The van der Waals surface area contributed by atoms with Gasteiger partial charge in [0.2, 0.25) is 0 Å². The third kappa shape index (κ3) is 3.82. The second-order valence-electron chi connectivity index (χ2n) is 8.51. The molecular formula is C23H27N5S. The van der Waals surface area contributed by atoms with Crippen LogP contribution >= 0.6 is 11.5 Å². The molecule has 3 heterocycles.